The molecule has 0 saturated carbocycles. The minimum absolute atomic E-state index is 0.0101. The maximum absolute atomic E-state index is 12.4. The zero-order valence-corrected chi connectivity index (χ0v) is 14.0. The Balaban J connectivity index is 1.72. The Kier molecular flexibility index (Phi) is 4.12. The van der Waals surface area contributed by atoms with Crippen molar-refractivity contribution in [2.75, 3.05) is 5.32 Å². The van der Waals surface area contributed by atoms with Gasteiger partial charge in [-0.05, 0) is 41.0 Å². The number of anilines is 1. The van der Waals surface area contributed by atoms with E-state index in [1.807, 2.05) is 24.3 Å². The smallest absolute Gasteiger partial charge is 0.319 e. The molecule has 2 aromatic rings. The number of carbonyl (C=O) groups is 1. The maximum Gasteiger partial charge on any atom is 0.319 e. The van der Waals surface area contributed by atoms with E-state index in [1.165, 1.54) is 11.1 Å². The van der Waals surface area contributed by atoms with Crippen LogP contribution in [0.25, 0.3) is 0 Å². The zero-order chi connectivity index (χ0) is 16.4. The van der Waals surface area contributed by atoms with Crippen LogP contribution >= 0.6 is 0 Å². The van der Waals surface area contributed by atoms with Gasteiger partial charge in [0.15, 0.2) is 0 Å². The van der Waals surface area contributed by atoms with Crippen molar-refractivity contribution < 1.29 is 4.79 Å². The molecule has 0 aromatic heterocycles. The fraction of sp³-hybridized carbons (Fsp3) is 0.350. The molecule has 0 spiro atoms. The Labute approximate surface area is 138 Å². The van der Waals surface area contributed by atoms with E-state index >= 15 is 0 Å². The summed E-state index contributed by atoms with van der Waals surface area (Å²) in [7, 11) is 0. The van der Waals surface area contributed by atoms with Crippen LogP contribution in [0, 0.1) is 0 Å². The lowest BCUT2D eigenvalue weighted by molar-refractivity contribution is 0.248. The molecule has 1 aliphatic carbocycles. The standard InChI is InChI=1S/C20H24N2O/c1-20(2,3)16-10-6-7-11-18(16)22-19(23)21-17-13-12-14-8-4-5-9-15(14)17/h4-11,17H,12-13H2,1-3H3,(H2,21,22,23). The van der Waals surface area contributed by atoms with Crippen LogP contribution in [0.1, 0.15) is 49.9 Å². The number of hydrogen-bond donors (Lipinski definition) is 2. The normalized spacial score (nSPS) is 16.7. The van der Waals surface area contributed by atoms with Gasteiger partial charge in [-0.3, -0.25) is 0 Å². The summed E-state index contributed by atoms with van der Waals surface area (Å²) in [6.45, 7) is 6.45. The summed E-state index contributed by atoms with van der Waals surface area (Å²) in [5.74, 6) is 0. The second-order valence-corrected chi connectivity index (χ2v) is 7.18. The van der Waals surface area contributed by atoms with Crippen molar-refractivity contribution in [3.8, 4) is 0 Å². The molecule has 0 fully saturated rings. The monoisotopic (exact) mass is 308 g/mol. The molecule has 0 heterocycles. The number of benzene rings is 2. The number of amides is 2. The minimum Gasteiger partial charge on any atom is -0.331 e. The summed E-state index contributed by atoms with van der Waals surface area (Å²) in [5, 5.41) is 6.14. The van der Waals surface area contributed by atoms with Gasteiger partial charge in [0, 0.05) is 5.69 Å². The van der Waals surface area contributed by atoms with Crippen LogP contribution in [0.4, 0.5) is 10.5 Å². The summed E-state index contributed by atoms with van der Waals surface area (Å²) in [6.07, 6.45) is 1.99. The number of carbonyl (C=O) groups excluding carboxylic acids is 1. The molecule has 1 atom stereocenters. The van der Waals surface area contributed by atoms with Gasteiger partial charge in [0.25, 0.3) is 0 Å². The third kappa shape index (κ3) is 3.39. The highest BCUT2D eigenvalue weighted by atomic mass is 16.2. The molecule has 2 aromatic carbocycles. The molecular weight excluding hydrogens is 284 g/mol. The average Bonchev–Trinajstić information content (AvgIpc) is 2.90. The number of rotatable bonds is 2. The van der Waals surface area contributed by atoms with Crippen LogP contribution < -0.4 is 10.6 Å². The zero-order valence-electron chi connectivity index (χ0n) is 14.0. The quantitative estimate of drug-likeness (QED) is 0.822. The molecule has 3 rings (SSSR count). The first-order chi connectivity index (χ1) is 10.9. The van der Waals surface area contributed by atoms with Gasteiger partial charge in [-0.25, -0.2) is 4.79 Å². The Morgan fingerprint density at radius 1 is 1.04 bits per heavy atom. The van der Waals surface area contributed by atoms with Gasteiger partial charge < -0.3 is 10.6 Å². The molecule has 0 bridgehead atoms. The van der Waals surface area contributed by atoms with Gasteiger partial charge in [0.2, 0.25) is 0 Å². The van der Waals surface area contributed by atoms with Gasteiger partial charge in [-0.2, -0.15) is 0 Å². The number of aryl methyl sites for hydroxylation is 1. The summed E-state index contributed by atoms with van der Waals surface area (Å²) in [5.41, 5.74) is 4.59. The van der Waals surface area contributed by atoms with Crippen molar-refractivity contribution in [2.45, 2.75) is 45.1 Å². The van der Waals surface area contributed by atoms with Crippen LogP contribution in [0.15, 0.2) is 48.5 Å². The lowest BCUT2D eigenvalue weighted by Crippen LogP contribution is -2.32. The Morgan fingerprint density at radius 2 is 1.74 bits per heavy atom. The fourth-order valence-corrected chi connectivity index (χ4v) is 3.27. The lowest BCUT2D eigenvalue weighted by atomic mass is 9.86. The molecule has 0 saturated heterocycles. The summed E-state index contributed by atoms with van der Waals surface area (Å²) < 4.78 is 0. The number of urea groups is 1. The predicted molar refractivity (Wildman–Crippen MR) is 94.8 cm³/mol. The molecular formula is C20H24N2O. The van der Waals surface area contributed by atoms with Crippen molar-refractivity contribution in [1.82, 2.24) is 5.32 Å². The highest BCUT2D eigenvalue weighted by Gasteiger charge is 2.24. The van der Waals surface area contributed by atoms with E-state index in [4.69, 9.17) is 0 Å². The fourth-order valence-electron chi connectivity index (χ4n) is 3.27. The lowest BCUT2D eigenvalue weighted by Gasteiger charge is -2.23. The third-order valence-corrected chi connectivity index (χ3v) is 4.42. The van der Waals surface area contributed by atoms with Crippen LogP contribution in [-0.4, -0.2) is 6.03 Å². The second-order valence-electron chi connectivity index (χ2n) is 7.18. The highest BCUT2D eigenvalue weighted by molar-refractivity contribution is 5.90. The number of hydrogen-bond acceptors (Lipinski definition) is 1. The van der Waals surface area contributed by atoms with Crippen LogP contribution in [-0.2, 0) is 11.8 Å². The molecule has 0 radical (unpaired) electrons. The molecule has 120 valence electrons. The van der Waals surface area contributed by atoms with Crippen LogP contribution in [0.5, 0.6) is 0 Å². The minimum atomic E-state index is -0.136. The van der Waals surface area contributed by atoms with Gasteiger partial charge in [0.1, 0.15) is 0 Å². The van der Waals surface area contributed by atoms with E-state index in [0.29, 0.717) is 0 Å². The van der Waals surface area contributed by atoms with E-state index < -0.39 is 0 Å². The largest absolute Gasteiger partial charge is 0.331 e. The molecule has 2 amide bonds. The number of nitrogens with one attached hydrogen (secondary N) is 2. The molecule has 3 nitrogen and oxygen atoms in total. The SMILES string of the molecule is CC(C)(C)c1ccccc1NC(=O)NC1CCc2ccccc21. The number of fused-ring (bicyclic) bond motifs is 1. The predicted octanol–water partition coefficient (Wildman–Crippen LogP) is 4.79. The second kappa shape index (κ2) is 6.07. The van der Waals surface area contributed by atoms with Gasteiger partial charge in [-0.15, -0.1) is 0 Å². The van der Waals surface area contributed by atoms with E-state index in [-0.39, 0.29) is 17.5 Å². The van der Waals surface area contributed by atoms with Gasteiger partial charge >= 0.3 is 6.03 Å². The Bertz CT molecular complexity index is 716. The molecule has 23 heavy (non-hydrogen) atoms. The summed E-state index contributed by atoms with van der Waals surface area (Å²) >= 11 is 0. The van der Waals surface area contributed by atoms with Crippen molar-refractivity contribution in [2.24, 2.45) is 0 Å². The van der Waals surface area contributed by atoms with Crippen molar-refractivity contribution >= 4 is 11.7 Å². The molecule has 2 N–H and O–H groups in total. The first-order valence-electron chi connectivity index (χ1n) is 8.20. The molecule has 1 unspecified atom stereocenters. The molecule has 3 heteroatoms. The summed E-state index contributed by atoms with van der Waals surface area (Å²) in [6, 6.07) is 16.3. The maximum atomic E-state index is 12.4. The van der Waals surface area contributed by atoms with E-state index in [1.54, 1.807) is 0 Å². The topological polar surface area (TPSA) is 41.1 Å². The molecule has 1 aliphatic rings. The van der Waals surface area contributed by atoms with E-state index in [9.17, 15) is 4.79 Å². The molecule has 0 aliphatic heterocycles. The third-order valence-electron chi connectivity index (χ3n) is 4.42. The Morgan fingerprint density at radius 3 is 2.52 bits per heavy atom. The van der Waals surface area contributed by atoms with Crippen molar-refractivity contribution in [1.29, 1.82) is 0 Å². The first kappa shape index (κ1) is 15.6. The highest BCUT2D eigenvalue weighted by Crippen LogP contribution is 2.32. The van der Waals surface area contributed by atoms with Crippen molar-refractivity contribution in [3.63, 3.8) is 0 Å². The van der Waals surface area contributed by atoms with Crippen molar-refractivity contribution in [3.05, 3.63) is 65.2 Å². The van der Waals surface area contributed by atoms with E-state index in [0.717, 1.165) is 24.1 Å². The van der Waals surface area contributed by atoms with E-state index in [2.05, 4.69) is 55.7 Å². The first-order valence-corrected chi connectivity index (χ1v) is 8.20. The number of para-hydroxylation sites is 1. The van der Waals surface area contributed by atoms with Crippen LogP contribution in [0.3, 0.4) is 0 Å². The van der Waals surface area contributed by atoms with Gasteiger partial charge in [-0.1, -0.05) is 63.2 Å². The Hall–Kier alpha value is -2.29. The van der Waals surface area contributed by atoms with Gasteiger partial charge in [0.05, 0.1) is 6.04 Å². The average molecular weight is 308 g/mol. The van der Waals surface area contributed by atoms with Crippen LogP contribution in [0.2, 0.25) is 0 Å². The summed E-state index contributed by atoms with van der Waals surface area (Å²) in [4.78, 5) is 12.4.